The topological polar surface area (TPSA) is 32.3 Å². The molecule has 2 unspecified atom stereocenters. The van der Waals surface area contributed by atoms with Crippen LogP contribution >= 0.6 is 0 Å². The molecule has 0 aromatic carbocycles. The molecule has 1 fully saturated rings. The van der Waals surface area contributed by atoms with Gasteiger partial charge in [0.25, 0.3) is 0 Å². The van der Waals surface area contributed by atoms with Crippen molar-refractivity contribution in [1.82, 2.24) is 5.32 Å². The lowest BCUT2D eigenvalue weighted by molar-refractivity contribution is 0.234. The molecular weight excluding hydrogens is 174 g/mol. The molecule has 2 nitrogen and oxygen atoms in total. The third-order valence-electron chi connectivity index (χ3n) is 3.37. The molecule has 84 valence electrons. The zero-order valence-corrected chi connectivity index (χ0v) is 9.84. The first-order valence-corrected chi connectivity index (χ1v) is 5.90. The van der Waals surface area contributed by atoms with E-state index in [1.807, 2.05) is 0 Å². The van der Waals surface area contributed by atoms with Gasteiger partial charge in [-0.3, -0.25) is 0 Å². The molecule has 0 aromatic heterocycles. The average Bonchev–Trinajstić information content (AvgIpc) is 2.28. The minimum Gasteiger partial charge on any atom is -0.395 e. The highest BCUT2D eigenvalue weighted by molar-refractivity contribution is 4.80. The van der Waals surface area contributed by atoms with E-state index in [1.54, 1.807) is 0 Å². The normalized spacial score (nSPS) is 29.6. The van der Waals surface area contributed by atoms with Crippen LogP contribution in [0.1, 0.15) is 52.9 Å². The minimum atomic E-state index is 0.250. The molecule has 1 saturated carbocycles. The van der Waals surface area contributed by atoms with Crippen molar-refractivity contribution in [2.45, 2.75) is 65.0 Å². The Morgan fingerprint density at radius 2 is 2.07 bits per heavy atom. The fraction of sp³-hybridized carbons (Fsp3) is 1.00. The highest BCUT2D eigenvalue weighted by Crippen LogP contribution is 2.33. The lowest BCUT2D eigenvalue weighted by Crippen LogP contribution is -2.38. The average molecular weight is 199 g/mol. The number of hydrogen-bond acceptors (Lipinski definition) is 2. The molecule has 14 heavy (non-hydrogen) atoms. The highest BCUT2D eigenvalue weighted by Gasteiger charge is 2.24. The Morgan fingerprint density at radius 1 is 1.36 bits per heavy atom. The summed E-state index contributed by atoms with van der Waals surface area (Å²) >= 11 is 0. The van der Waals surface area contributed by atoms with Gasteiger partial charge in [0.2, 0.25) is 0 Å². The van der Waals surface area contributed by atoms with Crippen molar-refractivity contribution in [2.24, 2.45) is 5.41 Å². The van der Waals surface area contributed by atoms with Gasteiger partial charge in [0, 0.05) is 12.1 Å². The van der Waals surface area contributed by atoms with Crippen LogP contribution in [0.5, 0.6) is 0 Å². The van der Waals surface area contributed by atoms with Gasteiger partial charge >= 0.3 is 0 Å². The van der Waals surface area contributed by atoms with Crippen molar-refractivity contribution < 1.29 is 5.11 Å². The van der Waals surface area contributed by atoms with Crippen LogP contribution in [-0.2, 0) is 0 Å². The third-order valence-corrected chi connectivity index (χ3v) is 3.37. The first-order valence-electron chi connectivity index (χ1n) is 5.90. The van der Waals surface area contributed by atoms with E-state index in [-0.39, 0.29) is 12.6 Å². The van der Waals surface area contributed by atoms with Crippen LogP contribution in [0.3, 0.4) is 0 Å². The molecule has 2 heteroatoms. The summed E-state index contributed by atoms with van der Waals surface area (Å²) in [6.07, 6.45) is 6.51. The van der Waals surface area contributed by atoms with E-state index in [9.17, 15) is 0 Å². The zero-order chi connectivity index (χ0) is 10.6. The second-order valence-electron chi connectivity index (χ2n) is 5.54. The van der Waals surface area contributed by atoms with Crippen LogP contribution in [0.25, 0.3) is 0 Å². The smallest absolute Gasteiger partial charge is 0.0582 e. The van der Waals surface area contributed by atoms with Crippen LogP contribution in [-0.4, -0.2) is 23.8 Å². The monoisotopic (exact) mass is 199 g/mol. The molecule has 2 N–H and O–H groups in total. The molecule has 0 spiro atoms. The van der Waals surface area contributed by atoms with Gasteiger partial charge in [-0.15, -0.1) is 0 Å². The SMILES string of the molecule is CC(CO)NC1CCCC(C)(C)CC1. The van der Waals surface area contributed by atoms with Gasteiger partial charge in [-0.05, 0) is 38.0 Å². The fourth-order valence-electron chi connectivity index (χ4n) is 2.28. The molecule has 0 aliphatic heterocycles. The Morgan fingerprint density at radius 3 is 2.71 bits per heavy atom. The fourth-order valence-corrected chi connectivity index (χ4v) is 2.28. The summed E-state index contributed by atoms with van der Waals surface area (Å²) in [7, 11) is 0. The summed E-state index contributed by atoms with van der Waals surface area (Å²) in [5, 5.41) is 12.5. The van der Waals surface area contributed by atoms with Crippen molar-refractivity contribution >= 4 is 0 Å². The van der Waals surface area contributed by atoms with Gasteiger partial charge in [-0.1, -0.05) is 20.3 Å². The van der Waals surface area contributed by atoms with Crippen molar-refractivity contribution in [2.75, 3.05) is 6.61 Å². The van der Waals surface area contributed by atoms with Crippen molar-refractivity contribution in [3.05, 3.63) is 0 Å². The Kier molecular flexibility index (Phi) is 4.39. The first-order chi connectivity index (χ1) is 6.53. The van der Waals surface area contributed by atoms with Crippen molar-refractivity contribution in [3.63, 3.8) is 0 Å². The Bertz CT molecular complexity index is 168. The van der Waals surface area contributed by atoms with E-state index < -0.39 is 0 Å². The lowest BCUT2D eigenvalue weighted by Gasteiger charge is -2.23. The van der Waals surface area contributed by atoms with Crippen LogP contribution in [0.2, 0.25) is 0 Å². The molecule has 0 bridgehead atoms. The van der Waals surface area contributed by atoms with E-state index in [4.69, 9.17) is 5.11 Å². The largest absolute Gasteiger partial charge is 0.395 e. The van der Waals surface area contributed by atoms with E-state index in [0.29, 0.717) is 11.5 Å². The Labute approximate surface area is 88.1 Å². The standard InChI is InChI=1S/C12H25NO/c1-10(9-14)13-11-5-4-7-12(2,3)8-6-11/h10-11,13-14H,4-9H2,1-3H3. The molecule has 0 heterocycles. The number of aliphatic hydroxyl groups excluding tert-OH is 1. The summed E-state index contributed by atoms with van der Waals surface area (Å²) in [5.41, 5.74) is 0.527. The van der Waals surface area contributed by atoms with Crippen LogP contribution < -0.4 is 5.32 Å². The van der Waals surface area contributed by atoms with Crippen LogP contribution in [0.4, 0.5) is 0 Å². The maximum Gasteiger partial charge on any atom is 0.0582 e. The molecule has 1 rings (SSSR count). The quantitative estimate of drug-likeness (QED) is 0.684. The number of aliphatic hydroxyl groups is 1. The molecule has 1 aliphatic rings. The van der Waals surface area contributed by atoms with Gasteiger partial charge in [0.15, 0.2) is 0 Å². The summed E-state index contributed by atoms with van der Waals surface area (Å²) < 4.78 is 0. The van der Waals surface area contributed by atoms with Gasteiger partial charge in [0.05, 0.1) is 6.61 Å². The Hall–Kier alpha value is -0.0800. The second kappa shape index (κ2) is 5.13. The number of nitrogens with one attached hydrogen (secondary N) is 1. The van der Waals surface area contributed by atoms with E-state index in [2.05, 4.69) is 26.1 Å². The van der Waals surface area contributed by atoms with Crippen LogP contribution in [0, 0.1) is 5.41 Å². The van der Waals surface area contributed by atoms with Crippen molar-refractivity contribution in [1.29, 1.82) is 0 Å². The predicted octanol–water partition coefficient (Wildman–Crippen LogP) is 2.32. The zero-order valence-electron chi connectivity index (χ0n) is 9.84. The molecular formula is C12H25NO. The van der Waals surface area contributed by atoms with Gasteiger partial charge in [-0.2, -0.15) is 0 Å². The van der Waals surface area contributed by atoms with Gasteiger partial charge in [0.1, 0.15) is 0 Å². The molecule has 0 radical (unpaired) electrons. The maximum atomic E-state index is 8.98. The van der Waals surface area contributed by atoms with E-state index in [0.717, 1.165) is 0 Å². The summed E-state index contributed by atoms with van der Waals surface area (Å²) in [4.78, 5) is 0. The number of rotatable bonds is 3. The van der Waals surface area contributed by atoms with E-state index in [1.165, 1.54) is 32.1 Å². The maximum absolute atomic E-state index is 8.98. The molecule has 1 aliphatic carbocycles. The molecule has 0 saturated heterocycles. The minimum absolute atomic E-state index is 0.250. The Balaban J connectivity index is 2.35. The van der Waals surface area contributed by atoms with Gasteiger partial charge in [-0.25, -0.2) is 0 Å². The third kappa shape index (κ3) is 3.97. The molecule has 0 amide bonds. The second-order valence-corrected chi connectivity index (χ2v) is 5.54. The summed E-state index contributed by atoms with van der Waals surface area (Å²) in [5.74, 6) is 0. The number of hydrogen-bond donors (Lipinski definition) is 2. The first kappa shape index (κ1) is 12.0. The predicted molar refractivity (Wildman–Crippen MR) is 60.3 cm³/mol. The molecule has 0 aromatic rings. The summed E-state index contributed by atoms with van der Waals surface area (Å²) in [6, 6.07) is 0.875. The van der Waals surface area contributed by atoms with Crippen LogP contribution in [0.15, 0.2) is 0 Å². The van der Waals surface area contributed by atoms with Gasteiger partial charge < -0.3 is 10.4 Å². The highest BCUT2D eigenvalue weighted by atomic mass is 16.3. The van der Waals surface area contributed by atoms with Crippen molar-refractivity contribution in [3.8, 4) is 0 Å². The van der Waals surface area contributed by atoms with E-state index >= 15 is 0 Å². The summed E-state index contributed by atoms with van der Waals surface area (Å²) in [6.45, 7) is 7.03. The molecule has 2 atom stereocenters. The lowest BCUT2D eigenvalue weighted by atomic mass is 9.85.